The Hall–Kier alpha value is -0.990. The smallest absolute Gasteiger partial charge is 0.410 e. The SMILES string of the molecule is C=C[C@@H]1CCN1C(=O)OC(C)(C)C. The molecule has 1 saturated heterocycles. The molecule has 1 rings (SSSR count). The molecular formula is C10H17NO2. The van der Waals surface area contributed by atoms with Gasteiger partial charge < -0.3 is 9.64 Å². The number of ether oxygens (including phenoxy) is 1. The highest BCUT2D eigenvalue weighted by Crippen LogP contribution is 2.21. The summed E-state index contributed by atoms with van der Waals surface area (Å²) in [6.07, 6.45) is 2.56. The molecule has 0 N–H and O–H groups in total. The summed E-state index contributed by atoms with van der Waals surface area (Å²) in [7, 11) is 0. The minimum atomic E-state index is -0.404. The maximum Gasteiger partial charge on any atom is 0.410 e. The van der Waals surface area contributed by atoms with Crippen molar-refractivity contribution in [1.82, 2.24) is 4.90 Å². The summed E-state index contributed by atoms with van der Waals surface area (Å²) in [5.74, 6) is 0. The number of carbonyl (C=O) groups excluding carboxylic acids is 1. The van der Waals surface area contributed by atoms with Crippen LogP contribution in [0.4, 0.5) is 4.79 Å². The van der Waals surface area contributed by atoms with Gasteiger partial charge in [-0.05, 0) is 27.2 Å². The van der Waals surface area contributed by atoms with Crippen LogP contribution in [0.5, 0.6) is 0 Å². The van der Waals surface area contributed by atoms with Crippen molar-refractivity contribution in [3.8, 4) is 0 Å². The number of amides is 1. The lowest BCUT2D eigenvalue weighted by Crippen LogP contribution is -2.51. The number of hydrogen-bond acceptors (Lipinski definition) is 2. The average molecular weight is 183 g/mol. The van der Waals surface area contributed by atoms with E-state index in [9.17, 15) is 4.79 Å². The number of hydrogen-bond donors (Lipinski definition) is 0. The number of rotatable bonds is 1. The first-order chi connectivity index (χ1) is 5.94. The van der Waals surface area contributed by atoms with Gasteiger partial charge in [-0.25, -0.2) is 4.79 Å². The van der Waals surface area contributed by atoms with Gasteiger partial charge in [0.2, 0.25) is 0 Å². The van der Waals surface area contributed by atoms with Crippen molar-refractivity contribution in [1.29, 1.82) is 0 Å². The van der Waals surface area contributed by atoms with E-state index in [4.69, 9.17) is 4.74 Å². The molecule has 3 nitrogen and oxygen atoms in total. The van der Waals surface area contributed by atoms with Gasteiger partial charge in [0.05, 0.1) is 6.04 Å². The van der Waals surface area contributed by atoms with Crippen LogP contribution in [0.1, 0.15) is 27.2 Å². The number of nitrogens with zero attached hydrogens (tertiary/aromatic N) is 1. The van der Waals surface area contributed by atoms with Crippen LogP contribution in [0.2, 0.25) is 0 Å². The van der Waals surface area contributed by atoms with Crippen molar-refractivity contribution in [3.63, 3.8) is 0 Å². The molecule has 74 valence electrons. The van der Waals surface area contributed by atoms with Crippen molar-refractivity contribution >= 4 is 6.09 Å². The van der Waals surface area contributed by atoms with Crippen LogP contribution in [0.25, 0.3) is 0 Å². The predicted octanol–water partition coefficient (Wildman–Crippen LogP) is 2.18. The summed E-state index contributed by atoms with van der Waals surface area (Å²) >= 11 is 0. The molecule has 0 unspecified atom stereocenters. The van der Waals surface area contributed by atoms with Crippen LogP contribution in [0.3, 0.4) is 0 Å². The van der Waals surface area contributed by atoms with Crippen LogP contribution in [-0.4, -0.2) is 29.2 Å². The highest BCUT2D eigenvalue weighted by Gasteiger charge is 2.32. The Bertz CT molecular complexity index is 217. The minimum Gasteiger partial charge on any atom is -0.444 e. The second kappa shape index (κ2) is 3.40. The molecule has 0 aromatic heterocycles. The lowest BCUT2D eigenvalue weighted by atomic mass is 10.0. The zero-order valence-corrected chi connectivity index (χ0v) is 8.54. The number of carbonyl (C=O) groups is 1. The van der Waals surface area contributed by atoms with Crippen molar-refractivity contribution < 1.29 is 9.53 Å². The summed E-state index contributed by atoms with van der Waals surface area (Å²) in [5, 5.41) is 0. The molecule has 0 radical (unpaired) electrons. The van der Waals surface area contributed by atoms with Crippen LogP contribution in [-0.2, 0) is 4.74 Å². The first-order valence-electron chi connectivity index (χ1n) is 4.56. The fourth-order valence-electron chi connectivity index (χ4n) is 1.20. The van der Waals surface area contributed by atoms with Crippen LogP contribution in [0, 0.1) is 0 Å². The standard InChI is InChI=1S/C10H17NO2/c1-5-8-6-7-11(8)9(12)13-10(2,3)4/h5,8H,1,6-7H2,2-4H3/t8-/m1/s1. The third-order valence-electron chi connectivity index (χ3n) is 1.97. The molecule has 0 spiro atoms. The van der Waals surface area contributed by atoms with Crippen molar-refractivity contribution in [2.75, 3.05) is 6.54 Å². The highest BCUT2D eigenvalue weighted by atomic mass is 16.6. The van der Waals surface area contributed by atoms with Crippen LogP contribution in [0.15, 0.2) is 12.7 Å². The first-order valence-corrected chi connectivity index (χ1v) is 4.56. The molecular weight excluding hydrogens is 166 g/mol. The Morgan fingerprint density at radius 3 is 2.54 bits per heavy atom. The van der Waals surface area contributed by atoms with Crippen LogP contribution < -0.4 is 0 Å². The maximum atomic E-state index is 11.5. The molecule has 1 fully saturated rings. The molecule has 0 aromatic carbocycles. The van der Waals surface area contributed by atoms with Gasteiger partial charge in [-0.2, -0.15) is 0 Å². The molecule has 1 aliphatic rings. The van der Waals surface area contributed by atoms with E-state index in [2.05, 4.69) is 6.58 Å². The molecule has 1 aliphatic heterocycles. The van der Waals surface area contributed by atoms with E-state index >= 15 is 0 Å². The normalized spacial score (nSPS) is 22.1. The Balaban J connectivity index is 2.45. The van der Waals surface area contributed by atoms with E-state index in [1.165, 1.54) is 0 Å². The second-order valence-electron chi connectivity index (χ2n) is 4.27. The molecule has 13 heavy (non-hydrogen) atoms. The van der Waals surface area contributed by atoms with E-state index in [0.717, 1.165) is 13.0 Å². The van der Waals surface area contributed by atoms with E-state index in [1.807, 2.05) is 20.8 Å². The van der Waals surface area contributed by atoms with Gasteiger partial charge in [0.15, 0.2) is 0 Å². The molecule has 0 saturated carbocycles. The third-order valence-corrected chi connectivity index (χ3v) is 1.97. The summed E-state index contributed by atoms with van der Waals surface area (Å²) in [4.78, 5) is 13.2. The predicted molar refractivity (Wildman–Crippen MR) is 51.5 cm³/mol. The van der Waals surface area contributed by atoms with E-state index in [-0.39, 0.29) is 12.1 Å². The van der Waals surface area contributed by atoms with Gasteiger partial charge in [-0.3, -0.25) is 0 Å². The molecule has 1 heterocycles. The summed E-state index contributed by atoms with van der Waals surface area (Å²) in [5.41, 5.74) is -0.404. The van der Waals surface area contributed by atoms with Gasteiger partial charge in [0, 0.05) is 6.54 Å². The van der Waals surface area contributed by atoms with Crippen molar-refractivity contribution in [2.45, 2.75) is 38.8 Å². The highest BCUT2D eigenvalue weighted by molar-refractivity contribution is 5.69. The van der Waals surface area contributed by atoms with Gasteiger partial charge in [0.25, 0.3) is 0 Å². The maximum absolute atomic E-state index is 11.5. The molecule has 0 aliphatic carbocycles. The molecule has 0 aromatic rings. The quantitative estimate of drug-likeness (QED) is 0.583. The van der Waals surface area contributed by atoms with Gasteiger partial charge >= 0.3 is 6.09 Å². The Kier molecular flexibility index (Phi) is 2.64. The topological polar surface area (TPSA) is 29.5 Å². The monoisotopic (exact) mass is 183 g/mol. The largest absolute Gasteiger partial charge is 0.444 e. The Labute approximate surface area is 79.4 Å². The van der Waals surface area contributed by atoms with Gasteiger partial charge in [-0.1, -0.05) is 6.08 Å². The molecule has 0 bridgehead atoms. The second-order valence-corrected chi connectivity index (χ2v) is 4.27. The average Bonchev–Trinajstić information content (AvgIpc) is 1.80. The molecule has 1 amide bonds. The third kappa shape index (κ3) is 2.47. The van der Waals surface area contributed by atoms with Crippen molar-refractivity contribution in [3.05, 3.63) is 12.7 Å². The Morgan fingerprint density at radius 2 is 2.23 bits per heavy atom. The van der Waals surface area contributed by atoms with E-state index in [0.29, 0.717) is 0 Å². The lowest BCUT2D eigenvalue weighted by Gasteiger charge is -2.39. The summed E-state index contributed by atoms with van der Waals surface area (Å²) in [6, 6.07) is 0.176. The number of likely N-dealkylation sites (tertiary alicyclic amines) is 1. The first kappa shape index (κ1) is 10.1. The fourth-order valence-corrected chi connectivity index (χ4v) is 1.20. The van der Waals surface area contributed by atoms with E-state index < -0.39 is 5.60 Å². The molecule has 3 heteroatoms. The van der Waals surface area contributed by atoms with E-state index in [1.54, 1.807) is 11.0 Å². The Morgan fingerprint density at radius 1 is 1.62 bits per heavy atom. The minimum absolute atomic E-state index is 0.176. The molecule has 1 atom stereocenters. The zero-order chi connectivity index (χ0) is 10.1. The zero-order valence-electron chi connectivity index (χ0n) is 8.54. The lowest BCUT2D eigenvalue weighted by molar-refractivity contribution is 0.00285. The van der Waals surface area contributed by atoms with Gasteiger partial charge in [0.1, 0.15) is 5.60 Å². The fraction of sp³-hybridized carbons (Fsp3) is 0.700. The van der Waals surface area contributed by atoms with Gasteiger partial charge in [-0.15, -0.1) is 6.58 Å². The van der Waals surface area contributed by atoms with Crippen molar-refractivity contribution in [2.24, 2.45) is 0 Å². The summed E-state index contributed by atoms with van der Waals surface area (Å²) in [6.45, 7) is 10.1. The van der Waals surface area contributed by atoms with Crippen LogP contribution >= 0.6 is 0 Å². The summed E-state index contributed by atoms with van der Waals surface area (Å²) < 4.78 is 5.21.